The number of carbonyl (C=O) groups is 1. The number of aliphatic carboxylic acids is 1. The van der Waals surface area contributed by atoms with E-state index in [1.165, 1.54) is 10.9 Å². The van der Waals surface area contributed by atoms with Crippen LogP contribution in [0.15, 0.2) is 45.2 Å². The minimum Gasteiger partial charge on any atom is -0.549 e. The molecular weight excluding hydrogens is 384 g/mol. The first-order valence-corrected chi connectivity index (χ1v) is 9.10. The van der Waals surface area contributed by atoms with Gasteiger partial charge in [0.25, 0.3) is 0 Å². The third-order valence-corrected chi connectivity index (χ3v) is 4.62. The molecule has 0 amide bonds. The van der Waals surface area contributed by atoms with E-state index in [2.05, 4.69) is 15.3 Å². The van der Waals surface area contributed by atoms with Crippen molar-refractivity contribution in [3.63, 3.8) is 0 Å². The highest BCUT2D eigenvalue weighted by Crippen LogP contribution is 2.27. The summed E-state index contributed by atoms with van der Waals surface area (Å²) in [7, 11) is 3.12. The van der Waals surface area contributed by atoms with E-state index in [4.69, 9.17) is 13.9 Å². The highest BCUT2D eigenvalue weighted by Gasteiger charge is 2.17. The molecule has 0 aliphatic heterocycles. The Morgan fingerprint density at radius 2 is 2.00 bits per heavy atom. The molecule has 3 rings (SSSR count). The highest BCUT2D eigenvalue weighted by atomic mass is 32.2. The van der Waals surface area contributed by atoms with Crippen molar-refractivity contribution >= 4 is 23.9 Å². The molecule has 0 N–H and O–H groups in total. The third-order valence-electron chi connectivity index (χ3n) is 3.73. The summed E-state index contributed by atoms with van der Waals surface area (Å²) in [6, 6.07) is 7.06. The number of aromatic nitrogens is 3. The summed E-state index contributed by atoms with van der Waals surface area (Å²) >= 11 is 0.963. The van der Waals surface area contributed by atoms with Crippen LogP contribution in [-0.2, 0) is 4.79 Å². The van der Waals surface area contributed by atoms with Crippen molar-refractivity contribution in [2.24, 2.45) is 5.10 Å². The van der Waals surface area contributed by atoms with Crippen molar-refractivity contribution in [2.45, 2.75) is 12.1 Å². The van der Waals surface area contributed by atoms with Gasteiger partial charge in [0.2, 0.25) is 5.16 Å². The number of hydrogen-bond acceptors (Lipinski definition) is 9. The van der Waals surface area contributed by atoms with Crippen molar-refractivity contribution in [1.29, 1.82) is 0 Å². The molecule has 0 atom stereocenters. The first-order valence-electron chi connectivity index (χ1n) is 8.11. The summed E-state index contributed by atoms with van der Waals surface area (Å²) < 4.78 is 17.3. The molecule has 0 aliphatic rings. The Labute approximate surface area is 165 Å². The molecule has 0 spiro atoms. The second-order valence-electron chi connectivity index (χ2n) is 5.56. The number of hydrogen-bond donors (Lipinski definition) is 0. The maximum Gasteiger partial charge on any atom is 0.212 e. The molecule has 0 fully saturated rings. The van der Waals surface area contributed by atoms with Crippen molar-refractivity contribution in [2.75, 3.05) is 20.0 Å². The molecular formula is C18H17N4O5S-. The number of carboxylic acid groups (broad SMARTS) is 1. The number of carboxylic acids is 1. The summed E-state index contributed by atoms with van der Waals surface area (Å²) in [5.41, 5.74) is 1.42. The van der Waals surface area contributed by atoms with Gasteiger partial charge in [0.05, 0.1) is 38.2 Å². The zero-order valence-electron chi connectivity index (χ0n) is 15.4. The summed E-state index contributed by atoms with van der Waals surface area (Å²) in [6.07, 6.45) is 3.12. The third kappa shape index (κ3) is 4.34. The van der Waals surface area contributed by atoms with Gasteiger partial charge in [-0.1, -0.05) is 11.8 Å². The Hall–Kier alpha value is -3.27. The Morgan fingerprint density at radius 1 is 1.29 bits per heavy atom. The number of furan rings is 1. The first kappa shape index (κ1) is 19.5. The fourth-order valence-corrected chi connectivity index (χ4v) is 3.00. The lowest BCUT2D eigenvalue weighted by Crippen LogP contribution is -2.24. The van der Waals surface area contributed by atoms with Crippen molar-refractivity contribution in [3.05, 3.63) is 41.9 Å². The lowest BCUT2D eigenvalue weighted by Gasteiger charge is -2.07. The summed E-state index contributed by atoms with van der Waals surface area (Å²) in [4.78, 5) is 10.8. The number of ether oxygens (including phenoxy) is 2. The summed E-state index contributed by atoms with van der Waals surface area (Å²) in [5, 5.41) is 23.8. The van der Waals surface area contributed by atoms with Crippen LogP contribution in [0, 0.1) is 6.92 Å². The average molecular weight is 401 g/mol. The first-order chi connectivity index (χ1) is 13.5. The second-order valence-corrected chi connectivity index (χ2v) is 6.50. The second kappa shape index (κ2) is 8.61. The lowest BCUT2D eigenvalue weighted by molar-refractivity contribution is -0.301. The highest BCUT2D eigenvalue weighted by molar-refractivity contribution is 7.99. The van der Waals surface area contributed by atoms with Crippen molar-refractivity contribution in [3.8, 4) is 22.9 Å². The molecule has 0 saturated carbocycles. The van der Waals surface area contributed by atoms with E-state index in [0.29, 0.717) is 33.8 Å². The maximum atomic E-state index is 10.8. The molecule has 2 heterocycles. The van der Waals surface area contributed by atoms with Crippen LogP contribution in [-0.4, -0.2) is 47.0 Å². The molecule has 3 aromatic rings. The maximum absolute atomic E-state index is 10.8. The Balaban J connectivity index is 2.01. The Kier molecular flexibility index (Phi) is 5.99. The van der Waals surface area contributed by atoms with E-state index in [1.54, 1.807) is 51.6 Å². The van der Waals surface area contributed by atoms with E-state index in [1.807, 2.05) is 0 Å². The van der Waals surface area contributed by atoms with Gasteiger partial charge in [-0.25, -0.2) is 0 Å². The van der Waals surface area contributed by atoms with Gasteiger partial charge in [-0.05, 0) is 25.1 Å². The van der Waals surface area contributed by atoms with Gasteiger partial charge >= 0.3 is 0 Å². The normalized spacial score (nSPS) is 11.1. The molecule has 0 bridgehead atoms. The SMILES string of the molecule is COc1cc(/C=N\n2c(SCC(=O)[O-])nnc2-c2ccoc2C)cc(OC)c1. The number of thioether (sulfide) groups is 1. The molecule has 9 nitrogen and oxygen atoms in total. The molecule has 28 heavy (non-hydrogen) atoms. The quantitative estimate of drug-likeness (QED) is 0.413. The van der Waals surface area contributed by atoms with E-state index >= 15 is 0 Å². The van der Waals surface area contributed by atoms with Crippen molar-refractivity contribution < 1.29 is 23.8 Å². The Bertz CT molecular complexity index is 989. The van der Waals surface area contributed by atoms with Gasteiger partial charge in [-0.15, -0.1) is 10.2 Å². The van der Waals surface area contributed by atoms with E-state index in [0.717, 1.165) is 17.3 Å². The van der Waals surface area contributed by atoms with Gasteiger partial charge in [0, 0.05) is 17.4 Å². The zero-order valence-corrected chi connectivity index (χ0v) is 16.2. The fourth-order valence-electron chi connectivity index (χ4n) is 2.40. The largest absolute Gasteiger partial charge is 0.549 e. The average Bonchev–Trinajstić information content (AvgIpc) is 3.29. The van der Waals surface area contributed by atoms with Gasteiger partial charge in [-0.3, -0.25) is 0 Å². The van der Waals surface area contributed by atoms with Crippen LogP contribution in [0.3, 0.4) is 0 Å². The monoisotopic (exact) mass is 401 g/mol. The van der Waals surface area contributed by atoms with E-state index < -0.39 is 5.97 Å². The molecule has 0 aliphatic carbocycles. The number of benzene rings is 1. The van der Waals surface area contributed by atoms with Crippen LogP contribution >= 0.6 is 11.8 Å². The van der Waals surface area contributed by atoms with Gasteiger partial charge < -0.3 is 23.8 Å². The van der Waals surface area contributed by atoms with Crippen LogP contribution in [0.2, 0.25) is 0 Å². The van der Waals surface area contributed by atoms with Crippen molar-refractivity contribution in [1.82, 2.24) is 14.9 Å². The summed E-state index contributed by atoms with van der Waals surface area (Å²) in [6.45, 7) is 1.79. The molecule has 2 aromatic heterocycles. The lowest BCUT2D eigenvalue weighted by atomic mass is 10.2. The molecule has 10 heteroatoms. The number of rotatable bonds is 8. The van der Waals surface area contributed by atoms with Gasteiger partial charge in [0.15, 0.2) is 5.82 Å². The minimum absolute atomic E-state index is 0.273. The van der Waals surface area contributed by atoms with Crippen LogP contribution in [0.1, 0.15) is 11.3 Å². The Morgan fingerprint density at radius 3 is 2.57 bits per heavy atom. The van der Waals surface area contributed by atoms with Gasteiger partial charge in [0.1, 0.15) is 17.3 Å². The van der Waals surface area contributed by atoms with E-state index in [-0.39, 0.29) is 5.75 Å². The fraction of sp³-hybridized carbons (Fsp3) is 0.222. The topological polar surface area (TPSA) is 115 Å². The van der Waals surface area contributed by atoms with E-state index in [9.17, 15) is 9.90 Å². The number of nitrogens with zero attached hydrogens (tertiary/aromatic N) is 4. The number of aryl methyl sites for hydroxylation is 1. The predicted octanol–water partition coefficient (Wildman–Crippen LogP) is 1.59. The molecule has 0 radical (unpaired) electrons. The molecule has 0 saturated heterocycles. The summed E-state index contributed by atoms with van der Waals surface area (Å²) in [5.74, 6) is 0.818. The van der Waals surface area contributed by atoms with Crippen LogP contribution in [0.5, 0.6) is 11.5 Å². The smallest absolute Gasteiger partial charge is 0.212 e. The minimum atomic E-state index is -1.21. The standard InChI is InChI=1S/C18H18N4O5S/c1-11-15(4-5-27-11)17-20-21-18(28-10-16(23)24)22(17)19-9-12-6-13(25-2)8-14(7-12)26-3/h4-9H,10H2,1-3H3,(H,23,24)/p-1/b19-9-. The molecule has 146 valence electrons. The number of carbonyl (C=O) groups excluding carboxylic acids is 1. The molecule has 1 aromatic carbocycles. The van der Waals surface area contributed by atoms with Gasteiger partial charge in [-0.2, -0.15) is 9.78 Å². The van der Waals surface area contributed by atoms with Crippen LogP contribution < -0.4 is 14.6 Å². The predicted molar refractivity (Wildman–Crippen MR) is 101 cm³/mol. The van der Waals surface area contributed by atoms with Crippen LogP contribution in [0.4, 0.5) is 0 Å². The number of methoxy groups -OCH3 is 2. The van der Waals surface area contributed by atoms with Crippen LogP contribution in [0.25, 0.3) is 11.4 Å². The zero-order chi connectivity index (χ0) is 20.1. The molecule has 0 unspecified atom stereocenters.